The fraction of sp³-hybridized carbons (Fsp3) is 0.348. The Morgan fingerprint density at radius 1 is 1.04 bits per heavy atom. The average Bonchev–Trinajstić information content (AvgIpc) is 3.04. The van der Waals surface area contributed by atoms with Crippen LogP contribution in [0.3, 0.4) is 0 Å². The van der Waals surface area contributed by atoms with Crippen LogP contribution >= 0.6 is 0 Å². The van der Waals surface area contributed by atoms with Gasteiger partial charge >= 0.3 is 0 Å². The van der Waals surface area contributed by atoms with Gasteiger partial charge in [0.2, 0.25) is 0 Å². The lowest BCUT2D eigenvalue weighted by atomic mass is 10.1. The second-order valence-electron chi connectivity index (χ2n) is 7.17. The number of benzene rings is 2. The molecule has 0 aliphatic rings. The van der Waals surface area contributed by atoms with E-state index in [2.05, 4.69) is 35.5 Å². The monoisotopic (exact) mass is 380 g/mol. The predicted octanol–water partition coefficient (Wildman–Crippen LogP) is 2.56. The SMILES string of the molecule is Cc1cc(C)n(CCC[NH2+]C[C@H](O)COc2ccc(-c3ccccc3)cc2)n1. The van der Waals surface area contributed by atoms with E-state index in [1.807, 2.05) is 54.1 Å². The molecule has 0 unspecified atom stereocenters. The van der Waals surface area contributed by atoms with E-state index >= 15 is 0 Å². The van der Waals surface area contributed by atoms with Crippen LogP contribution in [0.1, 0.15) is 17.8 Å². The number of hydrogen-bond acceptors (Lipinski definition) is 3. The Labute approximate surface area is 167 Å². The van der Waals surface area contributed by atoms with E-state index in [0.29, 0.717) is 13.2 Å². The van der Waals surface area contributed by atoms with Gasteiger partial charge in [0, 0.05) is 18.7 Å². The Bertz CT molecular complexity index is 844. The van der Waals surface area contributed by atoms with Crippen LogP contribution in [0.2, 0.25) is 0 Å². The average molecular weight is 381 g/mol. The van der Waals surface area contributed by atoms with Crippen molar-refractivity contribution >= 4 is 0 Å². The molecule has 0 bridgehead atoms. The summed E-state index contributed by atoms with van der Waals surface area (Å²) in [6.07, 6.45) is 0.540. The molecule has 0 radical (unpaired) electrons. The number of nitrogens with zero attached hydrogens (tertiary/aromatic N) is 2. The molecular formula is C23H30N3O2+. The maximum Gasteiger partial charge on any atom is 0.137 e. The van der Waals surface area contributed by atoms with E-state index in [1.165, 1.54) is 11.3 Å². The lowest BCUT2D eigenvalue weighted by Gasteiger charge is -2.12. The summed E-state index contributed by atoms with van der Waals surface area (Å²) < 4.78 is 7.76. The molecule has 0 saturated carbocycles. The minimum Gasteiger partial charge on any atom is -0.491 e. The Hall–Kier alpha value is -2.63. The molecule has 3 rings (SSSR count). The summed E-state index contributed by atoms with van der Waals surface area (Å²) in [4.78, 5) is 0. The van der Waals surface area contributed by atoms with E-state index in [-0.39, 0.29) is 0 Å². The van der Waals surface area contributed by atoms with Crippen LogP contribution in [0, 0.1) is 13.8 Å². The van der Waals surface area contributed by atoms with Gasteiger partial charge in [0.1, 0.15) is 25.0 Å². The molecule has 0 amide bonds. The highest BCUT2D eigenvalue weighted by Gasteiger charge is 2.08. The molecule has 2 aromatic carbocycles. The Kier molecular flexibility index (Phi) is 7.23. The lowest BCUT2D eigenvalue weighted by Crippen LogP contribution is -2.86. The maximum absolute atomic E-state index is 10.1. The molecule has 3 aromatic rings. The molecule has 5 nitrogen and oxygen atoms in total. The van der Waals surface area contributed by atoms with Crippen molar-refractivity contribution in [2.45, 2.75) is 32.9 Å². The zero-order valence-electron chi connectivity index (χ0n) is 16.7. The highest BCUT2D eigenvalue weighted by molar-refractivity contribution is 5.63. The molecule has 1 atom stereocenters. The summed E-state index contributed by atoms with van der Waals surface area (Å²) in [5, 5.41) is 16.7. The molecule has 0 aliphatic heterocycles. The zero-order valence-corrected chi connectivity index (χ0v) is 16.7. The summed E-state index contributed by atoms with van der Waals surface area (Å²) in [5.74, 6) is 0.781. The molecule has 0 saturated heterocycles. The summed E-state index contributed by atoms with van der Waals surface area (Å²) in [5.41, 5.74) is 4.60. The number of quaternary nitrogens is 1. The van der Waals surface area contributed by atoms with Crippen LogP contribution in [0.5, 0.6) is 5.75 Å². The van der Waals surface area contributed by atoms with Gasteiger partial charge in [0.25, 0.3) is 0 Å². The fourth-order valence-electron chi connectivity index (χ4n) is 3.23. The molecule has 0 fully saturated rings. The quantitative estimate of drug-likeness (QED) is 0.532. The summed E-state index contributed by atoms with van der Waals surface area (Å²) in [7, 11) is 0. The van der Waals surface area contributed by atoms with Gasteiger partial charge in [-0.3, -0.25) is 4.68 Å². The Morgan fingerprint density at radius 2 is 1.75 bits per heavy atom. The first-order chi connectivity index (χ1) is 13.6. The maximum atomic E-state index is 10.1. The Morgan fingerprint density at radius 3 is 2.43 bits per heavy atom. The smallest absolute Gasteiger partial charge is 0.137 e. The van der Waals surface area contributed by atoms with Crippen molar-refractivity contribution in [2.75, 3.05) is 19.7 Å². The van der Waals surface area contributed by atoms with Crippen molar-refractivity contribution in [3.05, 3.63) is 72.1 Å². The number of rotatable bonds is 10. The molecule has 0 spiro atoms. The second kappa shape index (κ2) is 10.1. The lowest BCUT2D eigenvalue weighted by molar-refractivity contribution is -0.661. The van der Waals surface area contributed by atoms with E-state index in [4.69, 9.17) is 4.74 Å². The summed E-state index contributed by atoms with van der Waals surface area (Å²) >= 11 is 0. The van der Waals surface area contributed by atoms with Gasteiger partial charge in [-0.2, -0.15) is 5.10 Å². The van der Waals surface area contributed by atoms with E-state index in [9.17, 15) is 5.11 Å². The number of nitrogens with two attached hydrogens (primary N) is 1. The van der Waals surface area contributed by atoms with E-state index in [0.717, 1.165) is 36.5 Å². The fourth-order valence-corrected chi connectivity index (χ4v) is 3.23. The number of aryl methyl sites for hydroxylation is 3. The first kappa shape index (κ1) is 20.1. The normalized spacial score (nSPS) is 12.1. The topological polar surface area (TPSA) is 63.9 Å². The third-order valence-electron chi connectivity index (χ3n) is 4.72. The highest BCUT2D eigenvalue weighted by atomic mass is 16.5. The zero-order chi connectivity index (χ0) is 19.8. The van der Waals surface area contributed by atoms with Crippen LogP contribution in [-0.2, 0) is 6.54 Å². The van der Waals surface area contributed by atoms with Crippen molar-refractivity contribution < 1.29 is 15.2 Å². The van der Waals surface area contributed by atoms with Gasteiger partial charge in [-0.1, -0.05) is 42.5 Å². The first-order valence-electron chi connectivity index (χ1n) is 9.91. The number of hydrogen-bond donors (Lipinski definition) is 2. The van der Waals surface area contributed by atoms with Gasteiger partial charge in [0.05, 0.1) is 12.2 Å². The van der Waals surface area contributed by atoms with Gasteiger partial charge in [-0.05, 0) is 43.2 Å². The third kappa shape index (κ3) is 5.94. The van der Waals surface area contributed by atoms with Crippen LogP contribution in [0.25, 0.3) is 11.1 Å². The third-order valence-corrected chi connectivity index (χ3v) is 4.72. The van der Waals surface area contributed by atoms with Crippen LogP contribution < -0.4 is 10.1 Å². The molecule has 3 N–H and O–H groups in total. The van der Waals surface area contributed by atoms with Crippen molar-refractivity contribution in [2.24, 2.45) is 0 Å². The molecule has 0 aliphatic carbocycles. The predicted molar refractivity (Wildman–Crippen MR) is 111 cm³/mol. The van der Waals surface area contributed by atoms with E-state index < -0.39 is 6.10 Å². The van der Waals surface area contributed by atoms with Gasteiger partial charge in [-0.15, -0.1) is 0 Å². The Balaban J connectivity index is 1.33. The number of aliphatic hydroxyl groups is 1. The molecule has 28 heavy (non-hydrogen) atoms. The molecule has 1 heterocycles. The first-order valence-corrected chi connectivity index (χ1v) is 9.91. The van der Waals surface area contributed by atoms with Gasteiger partial charge < -0.3 is 15.2 Å². The molecule has 1 aromatic heterocycles. The summed E-state index contributed by atoms with van der Waals surface area (Å²) in [6.45, 7) is 6.91. The van der Waals surface area contributed by atoms with Crippen LogP contribution in [0.15, 0.2) is 60.7 Å². The number of aliphatic hydroxyl groups excluding tert-OH is 1. The van der Waals surface area contributed by atoms with Crippen molar-refractivity contribution in [1.82, 2.24) is 9.78 Å². The van der Waals surface area contributed by atoms with E-state index in [1.54, 1.807) is 0 Å². The largest absolute Gasteiger partial charge is 0.491 e. The standard InChI is InChI=1S/C23H29N3O2/c1-18-15-19(2)26(25-18)14-6-13-24-16-22(27)17-28-23-11-9-21(10-12-23)20-7-4-3-5-8-20/h3-5,7-12,15,22,24,27H,6,13-14,16-17H2,1-2H3/p+1/t22-/m0/s1. The number of ether oxygens (including phenoxy) is 1. The number of aromatic nitrogens is 2. The highest BCUT2D eigenvalue weighted by Crippen LogP contribution is 2.22. The molecule has 5 heteroatoms. The minimum absolute atomic E-state index is 0.304. The van der Waals surface area contributed by atoms with Crippen LogP contribution in [-0.4, -0.2) is 40.7 Å². The van der Waals surface area contributed by atoms with Crippen LogP contribution in [0.4, 0.5) is 0 Å². The van der Waals surface area contributed by atoms with Gasteiger partial charge in [-0.25, -0.2) is 0 Å². The minimum atomic E-state index is -0.484. The van der Waals surface area contributed by atoms with Crippen molar-refractivity contribution in [3.8, 4) is 16.9 Å². The van der Waals surface area contributed by atoms with Crippen molar-refractivity contribution in [1.29, 1.82) is 0 Å². The van der Waals surface area contributed by atoms with Gasteiger partial charge in [0.15, 0.2) is 0 Å². The summed E-state index contributed by atoms with van der Waals surface area (Å²) in [6, 6.07) is 20.3. The molecule has 148 valence electrons. The van der Waals surface area contributed by atoms with Crippen molar-refractivity contribution in [3.63, 3.8) is 0 Å². The molecular weight excluding hydrogens is 350 g/mol. The second-order valence-corrected chi connectivity index (χ2v) is 7.17.